The minimum Gasteiger partial charge on any atom is -0.493 e. The van der Waals surface area contributed by atoms with Gasteiger partial charge in [0.15, 0.2) is 22.5 Å². The van der Waals surface area contributed by atoms with Crippen LogP contribution < -0.4 is 14.9 Å². The van der Waals surface area contributed by atoms with Crippen molar-refractivity contribution in [2.24, 2.45) is 5.10 Å². The number of carbonyl (C=O) groups is 1. The Balaban J connectivity index is 1.46. The number of halogens is 1. The number of nitrogens with zero attached hydrogens (tertiary/aromatic N) is 4. The van der Waals surface area contributed by atoms with Crippen LogP contribution in [0.1, 0.15) is 5.56 Å². The molecule has 1 amide bonds. The number of methoxy groups -OCH3 is 2. The number of thioether (sulfide) groups is 1. The maximum absolute atomic E-state index is 12.4. The predicted octanol–water partition coefficient (Wildman–Crippen LogP) is 4.96. The lowest BCUT2D eigenvalue weighted by Crippen LogP contribution is -2.20. The van der Waals surface area contributed by atoms with Gasteiger partial charge in [-0.1, -0.05) is 58.0 Å². The quantitative estimate of drug-likeness (QED) is 0.180. The van der Waals surface area contributed by atoms with Crippen molar-refractivity contribution in [3.63, 3.8) is 0 Å². The summed E-state index contributed by atoms with van der Waals surface area (Å²) in [5, 5.41) is 13.4. The van der Waals surface area contributed by atoms with E-state index in [1.165, 1.54) is 11.8 Å². The molecule has 0 unspecified atom stereocenters. The molecule has 4 aromatic rings. The van der Waals surface area contributed by atoms with E-state index >= 15 is 0 Å². The van der Waals surface area contributed by atoms with Gasteiger partial charge in [-0.2, -0.15) is 5.10 Å². The summed E-state index contributed by atoms with van der Waals surface area (Å²) >= 11 is 4.75. The van der Waals surface area contributed by atoms with Crippen molar-refractivity contribution in [1.29, 1.82) is 0 Å². The highest BCUT2D eigenvalue weighted by Crippen LogP contribution is 2.29. The number of carbonyl (C=O) groups excluding carboxylic acids is 1. The zero-order valence-corrected chi connectivity index (χ0v) is 21.4. The molecule has 0 aliphatic heterocycles. The molecule has 1 N–H and O–H groups in total. The second kappa shape index (κ2) is 11.7. The molecule has 0 atom stereocenters. The Bertz CT molecular complexity index is 1330. The Morgan fingerprint density at radius 3 is 2.49 bits per heavy atom. The van der Waals surface area contributed by atoms with E-state index in [9.17, 15) is 4.79 Å². The number of nitrogens with one attached hydrogen (secondary N) is 1. The van der Waals surface area contributed by atoms with Gasteiger partial charge in [-0.3, -0.25) is 9.36 Å². The zero-order chi connectivity index (χ0) is 24.6. The van der Waals surface area contributed by atoms with Gasteiger partial charge < -0.3 is 9.47 Å². The van der Waals surface area contributed by atoms with Crippen molar-refractivity contribution >= 4 is 39.8 Å². The standard InChI is InChI=1S/C25H22BrN5O3S/c1-33-21-13-8-17(14-22(21)34-2)15-27-28-23(32)16-35-25-30-29-24(18-6-4-3-5-7-18)31(25)20-11-9-19(26)10-12-20/h3-15H,16H2,1-2H3,(H,28,32)/b27-15+. The van der Waals surface area contributed by atoms with Crippen molar-refractivity contribution < 1.29 is 14.3 Å². The van der Waals surface area contributed by atoms with Crippen LogP contribution in [0.25, 0.3) is 17.1 Å². The number of aromatic nitrogens is 3. The van der Waals surface area contributed by atoms with E-state index in [-0.39, 0.29) is 11.7 Å². The summed E-state index contributed by atoms with van der Waals surface area (Å²) in [6, 6.07) is 23.0. The van der Waals surface area contributed by atoms with Crippen LogP contribution >= 0.6 is 27.7 Å². The number of amides is 1. The molecule has 0 saturated heterocycles. The minimum atomic E-state index is -0.265. The summed E-state index contributed by atoms with van der Waals surface area (Å²) in [6.45, 7) is 0. The zero-order valence-electron chi connectivity index (χ0n) is 19.0. The Hall–Kier alpha value is -3.63. The van der Waals surface area contributed by atoms with E-state index in [1.54, 1.807) is 32.6 Å². The summed E-state index contributed by atoms with van der Waals surface area (Å²) in [5.41, 5.74) is 5.13. The van der Waals surface area contributed by atoms with E-state index in [4.69, 9.17) is 9.47 Å². The van der Waals surface area contributed by atoms with E-state index in [2.05, 4.69) is 36.7 Å². The molecule has 1 heterocycles. The Morgan fingerprint density at radius 1 is 1.03 bits per heavy atom. The Labute approximate surface area is 215 Å². The van der Waals surface area contributed by atoms with E-state index in [0.717, 1.165) is 21.3 Å². The molecule has 4 rings (SSSR count). The minimum absolute atomic E-state index is 0.118. The summed E-state index contributed by atoms with van der Waals surface area (Å²) in [7, 11) is 3.14. The molecule has 10 heteroatoms. The van der Waals surface area contributed by atoms with Crippen LogP contribution in [-0.4, -0.2) is 46.9 Å². The molecule has 3 aromatic carbocycles. The fourth-order valence-corrected chi connectivity index (χ4v) is 4.24. The van der Waals surface area contributed by atoms with Crippen molar-refractivity contribution in [1.82, 2.24) is 20.2 Å². The van der Waals surface area contributed by atoms with Crippen LogP contribution in [0.3, 0.4) is 0 Å². The molecule has 0 aliphatic rings. The van der Waals surface area contributed by atoms with Crippen LogP contribution in [0.15, 0.2) is 87.5 Å². The third-order valence-corrected chi connectivity index (χ3v) is 6.35. The second-order valence-electron chi connectivity index (χ2n) is 7.18. The highest BCUT2D eigenvalue weighted by atomic mass is 79.9. The molecule has 0 bridgehead atoms. The SMILES string of the molecule is COc1ccc(/C=N/NC(=O)CSc2nnc(-c3ccccc3)n2-c2ccc(Br)cc2)cc1OC. The molecule has 0 spiro atoms. The monoisotopic (exact) mass is 551 g/mol. The molecule has 1 aromatic heterocycles. The molecule has 35 heavy (non-hydrogen) atoms. The summed E-state index contributed by atoms with van der Waals surface area (Å²) in [5.74, 6) is 1.75. The summed E-state index contributed by atoms with van der Waals surface area (Å²) in [4.78, 5) is 12.4. The normalized spacial score (nSPS) is 10.9. The number of hydrazone groups is 1. The molecule has 0 saturated carbocycles. The summed E-state index contributed by atoms with van der Waals surface area (Å²) < 4.78 is 13.4. The third kappa shape index (κ3) is 6.09. The van der Waals surface area contributed by atoms with Gasteiger partial charge in [0, 0.05) is 15.7 Å². The molecule has 0 fully saturated rings. The van der Waals surface area contributed by atoms with Crippen molar-refractivity contribution in [2.75, 3.05) is 20.0 Å². The first-order valence-electron chi connectivity index (χ1n) is 10.5. The van der Waals surface area contributed by atoms with Gasteiger partial charge in [-0.25, -0.2) is 5.43 Å². The lowest BCUT2D eigenvalue weighted by atomic mass is 10.2. The number of benzene rings is 3. The van der Waals surface area contributed by atoms with Crippen molar-refractivity contribution in [3.8, 4) is 28.6 Å². The van der Waals surface area contributed by atoms with Crippen molar-refractivity contribution in [2.45, 2.75) is 5.16 Å². The molecule has 0 aliphatic carbocycles. The highest BCUT2D eigenvalue weighted by Gasteiger charge is 2.17. The van der Waals surface area contributed by atoms with Gasteiger partial charge in [0.05, 0.1) is 26.2 Å². The summed E-state index contributed by atoms with van der Waals surface area (Å²) in [6.07, 6.45) is 1.54. The topological polar surface area (TPSA) is 90.6 Å². The molecule has 178 valence electrons. The number of rotatable bonds is 9. The second-order valence-corrected chi connectivity index (χ2v) is 9.04. The first-order chi connectivity index (χ1) is 17.1. The lowest BCUT2D eigenvalue weighted by Gasteiger charge is -2.10. The predicted molar refractivity (Wildman–Crippen MR) is 141 cm³/mol. The van der Waals surface area contributed by atoms with E-state index < -0.39 is 0 Å². The Kier molecular flexibility index (Phi) is 8.17. The smallest absolute Gasteiger partial charge is 0.250 e. The average molecular weight is 552 g/mol. The first kappa shape index (κ1) is 24.5. The van der Waals surface area contributed by atoms with E-state index in [0.29, 0.717) is 22.5 Å². The first-order valence-corrected chi connectivity index (χ1v) is 12.3. The van der Waals surface area contributed by atoms with E-state index in [1.807, 2.05) is 65.2 Å². The van der Waals surface area contributed by atoms with Gasteiger partial charge in [0.25, 0.3) is 5.91 Å². The maximum Gasteiger partial charge on any atom is 0.250 e. The fourth-order valence-electron chi connectivity index (χ4n) is 3.23. The van der Waals surface area contributed by atoms with Crippen LogP contribution in [-0.2, 0) is 4.79 Å². The fraction of sp³-hybridized carbons (Fsp3) is 0.120. The average Bonchev–Trinajstić information content (AvgIpc) is 3.32. The number of ether oxygens (including phenoxy) is 2. The lowest BCUT2D eigenvalue weighted by molar-refractivity contribution is -0.118. The number of hydrogen-bond acceptors (Lipinski definition) is 7. The van der Waals surface area contributed by atoms with Gasteiger partial charge in [-0.15, -0.1) is 10.2 Å². The molecule has 8 nitrogen and oxygen atoms in total. The van der Waals surface area contributed by atoms with Gasteiger partial charge in [-0.05, 0) is 48.0 Å². The third-order valence-electron chi connectivity index (χ3n) is 4.89. The molecular weight excluding hydrogens is 530 g/mol. The largest absolute Gasteiger partial charge is 0.493 e. The van der Waals surface area contributed by atoms with Gasteiger partial charge in [0.2, 0.25) is 0 Å². The van der Waals surface area contributed by atoms with Gasteiger partial charge >= 0.3 is 0 Å². The van der Waals surface area contributed by atoms with Crippen LogP contribution in [0.4, 0.5) is 0 Å². The van der Waals surface area contributed by atoms with Crippen molar-refractivity contribution in [3.05, 3.63) is 82.8 Å². The number of hydrogen-bond donors (Lipinski definition) is 1. The van der Waals surface area contributed by atoms with Crippen LogP contribution in [0.5, 0.6) is 11.5 Å². The van der Waals surface area contributed by atoms with Crippen LogP contribution in [0, 0.1) is 0 Å². The van der Waals surface area contributed by atoms with Gasteiger partial charge in [0.1, 0.15) is 0 Å². The molecular formula is C25H22BrN5O3S. The highest BCUT2D eigenvalue weighted by molar-refractivity contribution is 9.10. The van der Waals surface area contributed by atoms with Crippen LogP contribution in [0.2, 0.25) is 0 Å². The Morgan fingerprint density at radius 2 is 1.77 bits per heavy atom. The molecule has 0 radical (unpaired) electrons. The maximum atomic E-state index is 12.4.